The molecule has 22 heavy (non-hydrogen) atoms. The molecular weight excluding hydrogens is 278 g/mol. The van der Waals surface area contributed by atoms with Gasteiger partial charge in [-0.05, 0) is 35.4 Å². The van der Waals surface area contributed by atoms with Gasteiger partial charge in [0.15, 0.2) is 0 Å². The maximum Gasteiger partial charge on any atom is 0.335 e. The first-order valence-electron chi connectivity index (χ1n) is 7.04. The molecule has 5 heteroatoms. The molecule has 0 saturated heterocycles. The van der Waals surface area contributed by atoms with Gasteiger partial charge in [0.25, 0.3) is 0 Å². The van der Waals surface area contributed by atoms with Crippen LogP contribution in [0.2, 0.25) is 0 Å². The molecule has 0 aliphatic carbocycles. The first kappa shape index (κ1) is 14.1. The molecule has 0 saturated carbocycles. The number of nitrogens with zero attached hydrogens (tertiary/aromatic N) is 2. The predicted octanol–water partition coefficient (Wildman–Crippen LogP) is 2.93. The van der Waals surface area contributed by atoms with Crippen LogP contribution in [0.1, 0.15) is 23.6 Å². The minimum Gasteiger partial charge on any atom is -0.497 e. The summed E-state index contributed by atoms with van der Waals surface area (Å²) in [5, 5.41) is 5.76. The molecule has 1 aliphatic heterocycles. The summed E-state index contributed by atoms with van der Waals surface area (Å²) in [7, 11) is 1.63. The monoisotopic (exact) mass is 295 g/mol. The first-order chi connectivity index (χ1) is 10.7. The lowest BCUT2D eigenvalue weighted by Gasteiger charge is -2.19. The zero-order valence-corrected chi connectivity index (χ0v) is 12.3. The van der Waals surface area contributed by atoms with Gasteiger partial charge >= 0.3 is 6.03 Å². The van der Waals surface area contributed by atoms with E-state index < -0.39 is 6.03 Å². The Bertz CT molecular complexity index is 696. The molecular formula is C17H17N3O2. The summed E-state index contributed by atoms with van der Waals surface area (Å²) >= 11 is 0. The van der Waals surface area contributed by atoms with Crippen molar-refractivity contribution in [2.45, 2.75) is 12.5 Å². The standard InChI is InChI=1S/C17H17N3O2/c1-22-14-9-7-12(8-10-14)15-11-16(20(19-15)17(18)21)13-5-3-2-4-6-13/h2-10,16H,11H2,1H3,(H2,18,21)/t16-/m0/s1. The summed E-state index contributed by atoms with van der Waals surface area (Å²) in [5.74, 6) is 0.786. The number of ether oxygens (including phenoxy) is 1. The summed E-state index contributed by atoms with van der Waals surface area (Å²) in [4.78, 5) is 11.7. The topological polar surface area (TPSA) is 67.9 Å². The lowest BCUT2D eigenvalue weighted by molar-refractivity contribution is 0.196. The van der Waals surface area contributed by atoms with Crippen molar-refractivity contribution in [3.63, 3.8) is 0 Å². The second-order valence-electron chi connectivity index (χ2n) is 5.09. The van der Waals surface area contributed by atoms with Gasteiger partial charge in [0.05, 0.1) is 18.9 Å². The average molecular weight is 295 g/mol. The van der Waals surface area contributed by atoms with Crippen molar-refractivity contribution < 1.29 is 9.53 Å². The van der Waals surface area contributed by atoms with Crippen LogP contribution in [0.5, 0.6) is 5.75 Å². The molecule has 0 unspecified atom stereocenters. The fourth-order valence-electron chi connectivity index (χ4n) is 2.61. The molecule has 2 N–H and O–H groups in total. The Morgan fingerprint density at radius 3 is 2.45 bits per heavy atom. The Kier molecular flexibility index (Phi) is 3.78. The van der Waals surface area contributed by atoms with E-state index in [1.807, 2.05) is 54.6 Å². The highest BCUT2D eigenvalue weighted by Crippen LogP contribution is 2.32. The quantitative estimate of drug-likeness (QED) is 0.946. The highest BCUT2D eigenvalue weighted by atomic mass is 16.5. The van der Waals surface area contributed by atoms with Crippen LogP contribution in [0, 0.1) is 0 Å². The zero-order valence-electron chi connectivity index (χ0n) is 12.3. The summed E-state index contributed by atoms with van der Waals surface area (Å²) < 4.78 is 5.16. The van der Waals surface area contributed by atoms with E-state index >= 15 is 0 Å². The predicted molar refractivity (Wildman–Crippen MR) is 84.8 cm³/mol. The van der Waals surface area contributed by atoms with Gasteiger partial charge in [-0.2, -0.15) is 5.10 Å². The summed E-state index contributed by atoms with van der Waals surface area (Å²) in [6, 6.07) is 16.7. The normalized spacial score (nSPS) is 17.2. The van der Waals surface area contributed by atoms with Crippen LogP contribution >= 0.6 is 0 Å². The van der Waals surface area contributed by atoms with Crippen LogP contribution in [0.25, 0.3) is 0 Å². The highest BCUT2D eigenvalue weighted by molar-refractivity contribution is 6.03. The molecule has 1 heterocycles. The number of hydrogen-bond acceptors (Lipinski definition) is 3. The molecule has 0 radical (unpaired) electrons. The number of amides is 2. The van der Waals surface area contributed by atoms with Crippen molar-refractivity contribution in [2.24, 2.45) is 10.8 Å². The van der Waals surface area contributed by atoms with Crippen LogP contribution in [0.3, 0.4) is 0 Å². The van der Waals surface area contributed by atoms with E-state index in [4.69, 9.17) is 10.5 Å². The highest BCUT2D eigenvalue weighted by Gasteiger charge is 2.31. The van der Waals surface area contributed by atoms with E-state index in [9.17, 15) is 4.79 Å². The number of hydrazone groups is 1. The maximum atomic E-state index is 11.7. The van der Waals surface area contributed by atoms with Gasteiger partial charge in [-0.3, -0.25) is 0 Å². The van der Waals surface area contributed by atoms with Gasteiger partial charge in [0, 0.05) is 6.42 Å². The van der Waals surface area contributed by atoms with Gasteiger partial charge in [0.1, 0.15) is 5.75 Å². The molecule has 0 aromatic heterocycles. The number of hydrogen-bond donors (Lipinski definition) is 1. The third-order valence-electron chi connectivity index (χ3n) is 3.74. The molecule has 112 valence electrons. The second kappa shape index (κ2) is 5.89. The Morgan fingerprint density at radius 1 is 1.18 bits per heavy atom. The van der Waals surface area contributed by atoms with E-state index in [1.54, 1.807) is 7.11 Å². The summed E-state index contributed by atoms with van der Waals surface area (Å²) in [5.41, 5.74) is 8.30. The molecule has 2 aromatic rings. The van der Waals surface area contributed by atoms with Crippen molar-refractivity contribution in [1.29, 1.82) is 0 Å². The third kappa shape index (κ3) is 2.65. The van der Waals surface area contributed by atoms with E-state index in [0.717, 1.165) is 22.6 Å². The summed E-state index contributed by atoms with van der Waals surface area (Å²) in [6.07, 6.45) is 0.638. The number of carbonyl (C=O) groups excluding carboxylic acids is 1. The molecule has 5 nitrogen and oxygen atoms in total. The Hall–Kier alpha value is -2.82. The number of carbonyl (C=O) groups is 1. The molecule has 2 aromatic carbocycles. The number of urea groups is 1. The first-order valence-corrected chi connectivity index (χ1v) is 7.04. The molecule has 1 atom stereocenters. The molecule has 2 amide bonds. The van der Waals surface area contributed by atoms with E-state index in [0.29, 0.717) is 6.42 Å². The number of benzene rings is 2. The van der Waals surface area contributed by atoms with Crippen LogP contribution in [-0.2, 0) is 0 Å². The van der Waals surface area contributed by atoms with Gasteiger partial charge in [0.2, 0.25) is 0 Å². The smallest absolute Gasteiger partial charge is 0.335 e. The van der Waals surface area contributed by atoms with Crippen molar-refractivity contribution in [3.05, 3.63) is 65.7 Å². The van der Waals surface area contributed by atoms with Crippen LogP contribution < -0.4 is 10.5 Å². The van der Waals surface area contributed by atoms with Gasteiger partial charge < -0.3 is 10.5 Å². The lowest BCUT2D eigenvalue weighted by Crippen LogP contribution is -2.31. The molecule has 1 aliphatic rings. The van der Waals surface area contributed by atoms with Gasteiger partial charge in [-0.1, -0.05) is 30.3 Å². The molecule has 0 spiro atoms. The SMILES string of the molecule is COc1ccc(C2=NN(C(N)=O)[C@H](c3ccccc3)C2)cc1. The average Bonchev–Trinajstić information content (AvgIpc) is 3.01. The lowest BCUT2D eigenvalue weighted by atomic mass is 9.98. The minimum atomic E-state index is -0.544. The largest absolute Gasteiger partial charge is 0.497 e. The van der Waals surface area contributed by atoms with Crippen molar-refractivity contribution in [3.8, 4) is 5.75 Å². The number of rotatable bonds is 3. The molecule has 3 rings (SSSR count). The van der Waals surface area contributed by atoms with Crippen molar-refractivity contribution in [1.82, 2.24) is 5.01 Å². The van der Waals surface area contributed by atoms with Crippen molar-refractivity contribution >= 4 is 11.7 Å². The van der Waals surface area contributed by atoms with E-state index in [1.165, 1.54) is 5.01 Å². The van der Waals surface area contributed by atoms with E-state index in [-0.39, 0.29) is 6.04 Å². The Morgan fingerprint density at radius 2 is 1.86 bits per heavy atom. The van der Waals surface area contributed by atoms with Crippen LogP contribution in [0.15, 0.2) is 59.7 Å². The Balaban J connectivity index is 1.90. The fourth-order valence-corrected chi connectivity index (χ4v) is 2.61. The Labute approximate surface area is 129 Å². The fraction of sp³-hybridized carbons (Fsp3) is 0.176. The van der Waals surface area contributed by atoms with Crippen molar-refractivity contribution in [2.75, 3.05) is 7.11 Å². The number of nitrogens with two attached hydrogens (primary N) is 1. The molecule has 0 bridgehead atoms. The zero-order chi connectivity index (χ0) is 15.5. The van der Waals surface area contributed by atoms with Gasteiger partial charge in [-0.15, -0.1) is 0 Å². The molecule has 0 fully saturated rings. The van der Waals surface area contributed by atoms with Crippen LogP contribution in [0.4, 0.5) is 4.79 Å². The maximum absolute atomic E-state index is 11.7. The second-order valence-corrected chi connectivity index (χ2v) is 5.09. The van der Waals surface area contributed by atoms with E-state index in [2.05, 4.69) is 5.10 Å². The number of methoxy groups -OCH3 is 1. The van der Waals surface area contributed by atoms with Crippen LogP contribution in [-0.4, -0.2) is 23.9 Å². The third-order valence-corrected chi connectivity index (χ3v) is 3.74. The minimum absolute atomic E-state index is 0.157. The number of primary amides is 1. The van der Waals surface area contributed by atoms with Gasteiger partial charge in [-0.25, -0.2) is 9.80 Å². The summed E-state index contributed by atoms with van der Waals surface area (Å²) in [6.45, 7) is 0.